The maximum Gasteiger partial charge on any atom is -1.00 e. The third kappa shape index (κ3) is 9.27. The summed E-state index contributed by atoms with van der Waals surface area (Å²) >= 11 is 1.22. The van der Waals surface area contributed by atoms with Crippen molar-refractivity contribution in [1.82, 2.24) is 0 Å². The van der Waals surface area contributed by atoms with Crippen molar-refractivity contribution in [1.29, 1.82) is 0 Å². The van der Waals surface area contributed by atoms with Crippen LogP contribution in [0.1, 0.15) is 47.2 Å². The second-order valence-corrected chi connectivity index (χ2v) is 11.0. The smallest absolute Gasteiger partial charge is 1.00 e. The molecule has 0 saturated heterocycles. The predicted molar refractivity (Wildman–Crippen MR) is 160 cm³/mol. The van der Waals surface area contributed by atoms with Crippen LogP contribution < -0.4 is 24.8 Å². The largest absolute Gasteiger partial charge is 1.00 e. The molecule has 0 saturated carbocycles. The molecule has 0 heterocycles. The van der Waals surface area contributed by atoms with Crippen molar-refractivity contribution >= 4 is 15.4 Å². The van der Waals surface area contributed by atoms with Crippen LogP contribution in [0.5, 0.6) is 0 Å². The van der Waals surface area contributed by atoms with E-state index in [0.717, 1.165) is 26.3 Å². The van der Waals surface area contributed by atoms with E-state index in [1.165, 1.54) is 81.9 Å². The topological polar surface area (TPSA) is 0 Å². The van der Waals surface area contributed by atoms with Crippen molar-refractivity contribution in [3.63, 3.8) is 0 Å². The van der Waals surface area contributed by atoms with Gasteiger partial charge < -0.3 is 24.8 Å². The molecule has 212 valence electrons. The molecule has 0 bridgehead atoms. The van der Waals surface area contributed by atoms with E-state index in [4.69, 9.17) is 0 Å². The first-order chi connectivity index (χ1) is 19.3. The van der Waals surface area contributed by atoms with Gasteiger partial charge in [0.05, 0.1) is 0 Å². The molecule has 6 rings (SSSR count). The minimum Gasteiger partial charge on any atom is -1.00 e. The van der Waals surface area contributed by atoms with E-state index in [2.05, 4.69) is 69.5 Å². The molecule has 0 nitrogen and oxygen atoms in total. The van der Waals surface area contributed by atoms with Crippen LogP contribution >= 0.6 is 0 Å². The molecule has 0 fully saturated rings. The molecule has 0 aromatic heterocycles. The van der Waals surface area contributed by atoms with E-state index in [-0.39, 0.29) is 36.4 Å². The van der Waals surface area contributed by atoms with E-state index in [9.17, 15) is 8.78 Å². The van der Waals surface area contributed by atoms with Crippen LogP contribution in [0.3, 0.4) is 0 Å². The molecule has 2 aliphatic carbocycles. The van der Waals surface area contributed by atoms with Gasteiger partial charge in [-0.15, -0.1) is 30.7 Å². The Morgan fingerprint density at radius 1 is 0.833 bits per heavy atom. The summed E-state index contributed by atoms with van der Waals surface area (Å²) in [5, 5.41) is 0. The second kappa shape index (κ2) is 16.6. The van der Waals surface area contributed by atoms with Gasteiger partial charge in [-0.1, -0.05) is 54.8 Å². The summed E-state index contributed by atoms with van der Waals surface area (Å²) in [4.78, 5) is 0. The van der Waals surface area contributed by atoms with Gasteiger partial charge in [-0.05, 0) is 12.0 Å². The Labute approximate surface area is 275 Å². The molecule has 42 heavy (non-hydrogen) atoms. The van der Waals surface area contributed by atoms with Crippen LogP contribution in [0.15, 0.2) is 110 Å². The fourth-order valence-corrected chi connectivity index (χ4v) is 5.34. The summed E-state index contributed by atoms with van der Waals surface area (Å²) in [6.45, 7) is 11.9. The van der Waals surface area contributed by atoms with Crippen LogP contribution in [-0.4, -0.2) is 3.21 Å². The zero-order chi connectivity index (χ0) is 28.6. The van der Waals surface area contributed by atoms with Crippen molar-refractivity contribution in [3.05, 3.63) is 167 Å². The van der Waals surface area contributed by atoms with E-state index < -0.39 is 0 Å². The van der Waals surface area contributed by atoms with Crippen molar-refractivity contribution in [2.24, 2.45) is 5.92 Å². The van der Waals surface area contributed by atoms with Crippen LogP contribution in [0.4, 0.5) is 8.78 Å². The van der Waals surface area contributed by atoms with Crippen molar-refractivity contribution in [3.8, 4) is 11.1 Å². The normalized spacial score (nSPS) is 13.4. The van der Waals surface area contributed by atoms with Crippen LogP contribution in [0, 0.1) is 29.7 Å². The summed E-state index contributed by atoms with van der Waals surface area (Å²) in [5.41, 5.74) is 10.9. The summed E-state index contributed by atoms with van der Waals surface area (Å²) in [6.07, 6.45) is 12.1. The van der Waals surface area contributed by atoms with Crippen LogP contribution in [0.2, 0.25) is 0 Å². The van der Waals surface area contributed by atoms with Crippen LogP contribution in [-0.2, 0) is 30.7 Å². The maximum atomic E-state index is 12.8. The molecule has 1 atom stereocenters. The van der Waals surface area contributed by atoms with Crippen LogP contribution in [0.25, 0.3) is 23.3 Å². The quantitative estimate of drug-likeness (QED) is 0.257. The molecule has 0 N–H and O–H groups in total. The summed E-state index contributed by atoms with van der Waals surface area (Å²) in [7, 11) is 0. The third-order valence-corrected chi connectivity index (χ3v) is 8.08. The van der Waals surface area contributed by atoms with Gasteiger partial charge in [0.1, 0.15) is 0 Å². The second-order valence-electron chi connectivity index (χ2n) is 9.73. The van der Waals surface area contributed by atoms with E-state index >= 15 is 0 Å². The predicted octanol–water partition coefficient (Wildman–Crippen LogP) is 3.37. The Bertz CT molecular complexity index is 1500. The zero-order valence-corrected chi connectivity index (χ0v) is 27.5. The average molecular weight is 675 g/mol. The van der Waals surface area contributed by atoms with Crippen molar-refractivity contribution in [2.45, 2.75) is 20.3 Å². The molecule has 1 unspecified atom stereocenters. The first kappa shape index (κ1) is 35.2. The number of rotatable bonds is 4. The molecular weight excluding hydrogens is 645 g/mol. The molecule has 4 aromatic rings. The fourth-order valence-electron chi connectivity index (χ4n) is 4.52. The van der Waals surface area contributed by atoms with Gasteiger partial charge in [-0.25, -0.2) is 11.6 Å². The molecule has 0 radical (unpaired) electrons. The van der Waals surface area contributed by atoms with Crippen molar-refractivity contribution in [2.75, 3.05) is 0 Å². The Morgan fingerprint density at radius 3 is 1.83 bits per heavy atom. The van der Waals surface area contributed by atoms with Gasteiger partial charge >= 0.3 is 108 Å². The average Bonchev–Trinajstić information content (AvgIpc) is 3.54. The summed E-state index contributed by atoms with van der Waals surface area (Å²) < 4.78 is 26.6. The Balaban J connectivity index is 0.000000231. The number of fused-ring (bicyclic) bond motifs is 3. The number of hydrogen-bond donors (Lipinski definition) is 0. The SMILES string of the molecule is C=Cc1c[c-]c2c(c1)-c1cc(C=C)ccc1C2.CC1=CC(C)[C-]=C1.Fc1ccc([C](=[Zr+2])c2ccc(F)cc2)cc1.[Cl-].[Cl-]. The minimum atomic E-state index is -0.244. The molecule has 2 aliphatic rings. The third-order valence-electron chi connectivity index (χ3n) is 6.66. The standard InChI is InChI=1S/C17H13.C13H8F2.C7H9.2ClH.Zr/c1-3-12-5-7-14-11-15-8-6-13(4-2)10-17(15)16(14)9-12;14-12-5-1-10(2-6-12)9-11-3-7-13(15)8-4-11;1-6-3-4-7(2)5-6;;;/h3-7,9-10H,1-2,11H2;1-8H;3,5,7H,1-2H3;2*1H;/q-1;;-1;;;+2/p-2. The van der Waals surface area contributed by atoms with Gasteiger partial charge in [0.25, 0.3) is 0 Å². The van der Waals surface area contributed by atoms with Gasteiger partial charge in [0.2, 0.25) is 0 Å². The summed E-state index contributed by atoms with van der Waals surface area (Å²) in [5.74, 6) is 0.0675. The Kier molecular flexibility index (Phi) is 13.9. The van der Waals surface area contributed by atoms with E-state index in [1.807, 2.05) is 24.3 Å². The van der Waals surface area contributed by atoms with Gasteiger partial charge in [0, 0.05) is 0 Å². The Morgan fingerprint density at radius 2 is 1.38 bits per heavy atom. The maximum absolute atomic E-state index is 12.8. The van der Waals surface area contributed by atoms with Gasteiger partial charge in [-0.2, -0.15) is 29.8 Å². The number of allylic oxidation sites excluding steroid dienone is 4. The Hall–Kier alpha value is -2.97. The minimum absolute atomic E-state index is 0. The first-order valence-corrected chi connectivity index (χ1v) is 14.3. The number of halogens is 4. The first-order valence-electron chi connectivity index (χ1n) is 13.1. The zero-order valence-electron chi connectivity index (χ0n) is 23.5. The van der Waals surface area contributed by atoms with E-state index in [0.29, 0.717) is 5.92 Å². The fraction of sp³-hybridized carbons (Fsp3) is 0.108. The number of benzene rings is 4. The van der Waals surface area contributed by atoms with Gasteiger partial charge in [-0.3, -0.25) is 6.08 Å². The monoisotopic (exact) mass is 672 g/mol. The molecule has 5 heteroatoms. The summed E-state index contributed by atoms with van der Waals surface area (Å²) in [6, 6.07) is 26.8. The van der Waals surface area contributed by atoms with Crippen molar-refractivity contribution < 1.29 is 57.8 Å². The molecule has 0 amide bonds. The molecule has 4 aromatic carbocycles. The van der Waals surface area contributed by atoms with Gasteiger partial charge in [0.15, 0.2) is 0 Å². The van der Waals surface area contributed by atoms with E-state index in [1.54, 1.807) is 24.3 Å². The number of hydrogen-bond acceptors (Lipinski definition) is 0. The molecule has 0 spiro atoms. The molecular formula is C37H30Cl2F2Zr-2. The molecule has 0 aliphatic heterocycles.